The second-order valence-corrected chi connectivity index (χ2v) is 3.81. The predicted octanol–water partition coefficient (Wildman–Crippen LogP) is 2.47. The number of ether oxygens (including phenoxy) is 1. The maximum Gasteiger partial charge on any atom is 0.124 e. The Morgan fingerprint density at radius 2 is 2.06 bits per heavy atom. The van der Waals surface area contributed by atoms with Crippen molar-refractivity contribution < 1.29 is 4.74 Å². The van der Waals surface area contributed by atoms with E-state index < -0.39 is 0 Å². The van der Waals surface area contributed by atoms with Crippen LogP contribution >= 0.6 is 12.4 Å². The Morgan fingerprint density at radius 3 is 2.71 bits per heavy atom. The summed E-state index contributed by atoms with van der Waals surface area (Å²) in [5.74, 6) is 0.871. The average Bonchev–Trinajstić information content (AvgIpc) is 2.30. The summed E-state index contributed by atoms with van der Waals surface area (Å²) in [5.41, 5.74) is 8.96. The fraction of sp³-hybridized carbons (Fsp3) is 0.308. The Labute approximate surface area is 107 Å². The van der Waals surface area contributed by atoms with Crippen LogP contribution < -0.4 is 10.5 Å². The molecule has 0 saturated carbocycles. The van der Waals surface area contributed by atoms with Crippen LogP contribution in [-0.4, -0.2) is 18.6 Å². The van der Waals surface area contributed by atoms with Gasteiger partial charge in [0.1, 0.15) is 5.75 Å². The minimum Gasteiger partial charge on any atom is -0.496 e. The molecule has 1 aromatic carbocycles. The van der Waals surface area contributed by atoms with Crippen molar-refractivity contribution in [1.29, 1.82) is 0 Å². The molecule has 2 N–H and O–H groups in total. The highest BCUT2D eigenvalue weighted by Crippen LogP contribution is 2.28. The third kappa shape index (κ3) is 2.51. The van der Waals surface area contributed by atoms with E-state index in [2.05, 4.69) is 18.0 Å². The van der Waals surface area contributed by atoms with Crippen LogP contribution in [0.2, 0.25) is 0 Å². The van der Waals surface area contributed by atoms with Gasteiger partial charge in [-0.3, -0.25) is 4.98 Å². The van der Waals surface area contributed by atoms with E-state index in [1.807, 2.05) is 18.3 Å². The molecular formula is C13H17ClN2O. The summed E-state index contributed by atoms with van der Waals surface area (Å²) in [6.07, 6.45) is 2.62. The molecule has 4 heteroatoms. The second-order valence-electron chi connectivity index (χ2n) is 3.81. The summed E-state index contributed by atoms with van der Waals surface area (Å²) in [4.78, 5) is 4.43. The van der Waals surface area contributed by atoms with E-state index >= 15 is 0 Å². The van der Waals surface area contributed by atoms with Crippen molar-refractivity contribution in [3.05, 3.63) is 35.5 Å². The van der Waals surface area contributed by atoms with Crippen LogP contribution in [0.15, 0.2) is 24.4 Å². The van der Waals surface area contributed by atoms with Crippen LogP contribution in [-0.2, 0) is 6.42 Å². The van der Waals surface area contributed by atoms with Crippen molar-refractivity contribution in [2.45, 2.75) is 13.3 Å². The van der Waals surface area contributed by atoms with E-state index in [1.165, 1.54) is 10.9 Å². The maximum absolute atomic E-state index is 5.63. The lowest BCUT2D eigenvalue weighted by Gasteiger charge is -2.11. The number of hydrogen-bond donors (Lipinski definition) is 1. The van der Waals surface area contributed by atoms with E-state index in [0.29, 0.717) is 6.54 Å². The van der Waals surface area contributed by atoms with Crippen LogP contribution in [0.4, 0.5) is 0 Å². The Kier molecular flexibility index (Phi) is 4.73. The molecule has 0 spiro atoms. The zero-order valence-corrected chi connectivity index (χ0v) is 10.9. The monoisotopic (exact) mass is 252 g/mol. The smallest absolute Gasteiger partial charge is 0.124 e. The largest absolute Gasteiger partial charge is 0.496 e. The van der Waals surface area contributed by atoms with Gasteiger partial charge in [-0.2, -0.15) is 0 Å². The molecule has 2 rings (SSSR count). The molecular weight excluding hydrogens is 236 g/mol. The molecule has 0 bridgehead atoms. The highest BCUT2D eigenvalue weighted by Gasteiger charge is 2.09. The van der Waals surface area contributed by atoms with E-state index in [-0.39, 0.29) is 12.4 Å². The van der Waals surface area contributed by atoms with E-state index in [0.717, 1.165) is 23.3 Å². The fourth-order valence-corrected chi connectivity index (χ4v) is 1.97. The molecule has 0 saturated heterocycles. The normalized spacial score (nSPS) is 10.1. The highest BCUT2D eigenvalue weighted by molar-refractivity contribution is 5.86. The lowest BCUT2D eigenvalue weighted by atomic mass is 10.0. The van der Waals surface area contributed by atoms with Gasteiger partial charge in [-0.05, 0) is 43.7 Å². The molecule has 1 aromatic heterocycles. The number of pyridine rings is 1. The van der Waals surface area contributed by atoms with Gasteiger partial charge in [0.05, 0.1) is 12.6 Å². The molecule has 0 aliphatic rings. The number of halogens is 1. The van der Waals surface area contributed by atoms with Gasteiger partial charge >= 0.3 is 0 Å². The van der Waals surface area contributed by atoms with Crippen molar-refractivity contribution >= 4 is 23.3 Å². The number of hydrogen-bond acceptors (Lipinski definition) is 3. The van der Waals surface area contributed by atoms with Crippen molar-refractivity contribution in [2.75, 3.05) is 13.7 Å². The highest BCUT2D eigenvalue weighted by atomic mass is 35.5. The van der Waals surface area contributed by atoms with Crippen LogP contribution in [0.3, 0.4) is 0 Å². The molecule has 0 radical (unpaired) electrons. The summed E-state index contributed by atoms with van der Waals surface area (Å²) in [6, 6.07) is 6.06. The number of fused-ring (bicyclic) bond motifs is 1. The molecule has 0 aliphatic carbocycles. The van der Waals surface area contributed by atoms with Crippen molar-refractivity contribution in [3.8, 4) is 5.75 Å². The molecule has 0 aliphatic heterocycles. The number of aryl methyl sites for hydroxylation is 1. The molecule has 3 nitrogen and oxygen atoms in total. The number of benzene rings is 1. The van der Waals surface area contributed by atoms with Gasteiger partial charge in [-0.1, -0.05) is 0 Å². The van der Waals surface area contributed by atoms with Gasteiger partial charge in [0.2, 0.25) is 0 Å². The third-order valence-corrected chi connectivity index (χ3v) is 2.81. The number of nitrogens with two attached hydrogens (primary N) is 1. The Bertz CT molecular complexity index is 514. The van der Waals surface area contributed by atoms with Gasteiger partial charge in [-0.25, -0.2) is 0 Å². The van der Waals surface area contributed by atoms with E-state index in [1.54, 1.807) is 7.11 Å². The molecule has 92 valence electrons. The Morgan fingerprint density at radius 1 is 1.29 bits per heavy atom. The molecule has 0 atom stereocenters. The zero-order valence-electron chi connectivity index (χ0n) is 10.1. The molecule has 0 unspecified atom stereocenters. The molecule has 0 fully saturated rings. The van der Waals surface area contributed by atoms with Crippen LogP contribution in [0.25, 0.3) is 10.9 Å². The molecule has 1 heterocycles. The summed E-state index contributed by atoms with van der Waals surface area (Å²) >= 11 is 0. The van der Waals surface area contributed by atoms with Gasteiger partial charge in [-0.15, -0.1) is 12.4 Å². The van der Waals surface area contributed by atoms with Crippen LogP contribution in [0.5, 0.6) is 5.75 Å². The van der Waals surface area contributed by atoms with E-state index in [4.69, 9.17) is 10.5 Å². The van der Waals surface area contributed by atoms with Crippen molar-refractivity contribution in [1.82, 2.24) is 4.98 Å². The fourth-order valence-electron chi connectivity index (χ4n) is 1.97. The van der Waals surface area contributed by atoms with Gasteiger partial charge < -0.3 is 10.5 Å². The average molecular weight is 253 g/mol. The van der Waals surface area contributed by atoms with Crippen molar-refractivity contribution in [3.63, 3.8) is 0 Å². The van der Waals surface area contributed by atoms with Gasteiger partial charge in [0, 0.05) is 17.1 Å². The van der Waals surface area contributed by atoms with Crippen LogP contribution in [0.1, 0.15) is 11.1 Å². The number of aromatic nitrogens is 1. The molecule has 0 amide bonds. The molecule has 17 heavy (non-hydrogen) atoms. The first kappa shape index (κ1) is 13.7. The summed E-state index contributed by atoms with van der Waals surface area (Å²) in [6.45, 7) is 2.69. The Balaban J connectivity index is 0.00000144. The minimum absolute atomic E-state index is 0. The number of methoxy groups -OCH3 is 1. The lowest BCUT2D eigenvalue weighted by molar-refractivity contribution is 0.410. The Hall–Kier alpha value is -1.32. The quantitative estimate of drug-likeness (QED) is 0.913. The second kappa shape index (κ2) is 5.84. The third-order valence-electron chi connectivity index (χ3n) is 2.81. The standard InChI is InChI=1S/C13H16N2O.ClH/c1-9-6-8-15-13-10(9)3-4-12(16-2)11(13)5-7-14;/h3-4,6,8H,5,7,14H2,1-2H3;1H. The lowest BCUT2D eigenvalue weighted by Crippen LogP contribution is -2.05. The first-order chi connectivity index (χ1) is 7.77. The predicted molar refractivity (Wildman–Crippen MR) is 73.0 cm³/mol. The molecule has 2 aromatic rings. The minimum atomic E-state index is 0. The van der Waals surface area contributed by atoms with E-state index in [9.17, 15) is 0 Å². The van der Waals surface area contributed by atoms with Gasteiger partial charge in [0.15, 0.2) is 0 Å². The summed E-state index contributed by atoms with van der Waals surface area (Å²) in [5, 5.41) is 1.17. The first-order valence-electron chi connectivity index (χ1n) is 5.39. The number of nitrogens with zero attached hydrogens (tertiary/aromatic N) is 1. The first-order valence-corrected chi connectivity index (χ1v) is 5.39. The summed E-state index contributed by atoms with van der Waals surface area (Å²) in [7, 11) is 1.68. The summed E-state index contributed by atoms with van der Waals surface area (Å²) < 4.78 is 5.35. The SMILES string of the molecule is COc1ccc2c(C)ccnc2c1CCN.Cl. The zero-order chi connectivity index (χ0) is 11.5. The van der Waals surface area contributed by atoms with Gasteiger partial charge in [0.25, 0.3) is 0 Å². The maximum atomic E-state index is 5.63. The van der Waals surface area contributed by atoms with Crippen LogP contribution in [0, 0.1) is 6.92 Å². The topological polar surface area (TPSA) is 48.1 Å². The van der Waals surface area contributed by atoms with Crippen molar-refractivity contribution in [2.24, 2.45) is 5.73 Å². The number of rotatable bonds is 3.